The Hall–Kier alpha value is -2.08. The van der Waals surface area contributed by atoms with E-state index in [9.17, 15) is 0 Å². The van der Waals surface area contributed by atoms with E-state index in [0.29, 0.717) is 0 Å². The van der Waals surface area contributed by atoms with E-state index < -0.39 is 0 Å². The number of allylic oxidation sites excluding steroid dienone is 4. The molecule has 1 unspecified atom stereocenters. The Morgan fingerprint density at radius 3 is 2.25 bits per heavy atom. The monoisotopic (exact) mass is 260 g/mol. The summed E-state index contributed by atoms with van der Waals surface area (Å²) in [6.45, 7) is 6.69. The van der Waals surface area contributed by atoms with Crippen LogP contribution < -0.4 is 0 Å². The van der Waals surface area contributed by atoms with Crippen molar-refractivity contribution >= 4 is 5.57 Å². The molecular weight excluding hydrogens is 240 g/mol. The van der Waals surface area contributed by atoms with Gasteiger partial charge in [0.25, 0.3) is 0 Å². The maximum Gasteiger partial charge on any atom is 0.0395 e. The number of benzene rings is 2. The molecule has 1 aliphatic carbocycles. The third kappa shape index (κ3) is 1.68. The summed E-state index contributed by atoms with van der Waals surface area (Å²) >= 11 is 0. The van der Waals surface area contributed by atoms with E-state index in [2.05, 4.69) is 87.5 Å². The SMILES string of the molecule is C/C=C\C1=C(C)C(C)(c2ccccc2)c2ccccc21. The van der Waals surface area contributed by atoms with Crippen LogP contribution in [0, 0.1) is 0 Å². The summed E-state index contributed by atoms with van der Waals surface area (Å²) in [5.74, 6) is 0. The zero-order chi connectivity index (χ0) is 14.2. The van der Waals surface area contributed by atoms with E-state index in [4.69, 9.17) is 0 Å². The Kier molecular flexibility index (Phi) is 3.10. The zero-order valence-corrected chi connectivity index (χ0v) is 12.4. The second-order valence-electron chi connectivity index (χ2n) is 5.58. The fourth-order valence-electron chi connectivity index (χ4n) is 3.35. The molecule has 1 atom stereocenters. The van der Waals surface area contributed by atoms with Gasteiger partial charge in [0.2, 0.25) is 0 Å². The molecule has 1 aliphatic rings. The van der Waals surface area contributed by atoms with Crippen molar-refractivity contribution in [1.29, 1.82) is 0 Å². The topological polar surface area (TPSA) is 0 Å². The first-order valence-corrected chi connectivity index (χ1v) is 7.19. The number of hydrogen-bond donors (Lipinski definition) is 0. The molecule has 20 heavy (non-hydrogen) atoms. The van der Waals surface area contributed by atoms with Gasteiger partial charge in [-0.05, 0) is 43.0 Å². The zero-order valence-electron chi connectivity index (χ0n) is 12.4. The minimum atomic E-state index is -0.0211. The van der Waals surface area contributed by atoms with Crippen molar-refractivity contribution in [2.45, 2.75) is 26.2 Å². The molecule has 0 N–H and O–H groups in total. The summed E-state index contributed by atoms with van der Waals surface area (Å²) in [5.41, 5.74) is 6.93. The van der Waals surface area contributed by atoms with Gasteiger partial charge < -0.3 is 0 Å². The molecule has 2 aromatic carbocycles. The van der Waals surface area contributed by atoms with Crippen LogP contribution in [-0.4, -0.2) is 0 Å². The predicted octanol–water partition coefficient (Wildman–Crippen LogP) is 5.36. The summed E-state index contributed by atoms with van der Waals surface area (Å²) in [7, 11) is 0. The van der Waals surface area contributed by atoms with Crippen LogP contribution in [0.15, 0.2) is 72.3 Å². The van der Waals surface area contributed by atoms with Gasteiger partial charge in [-0.3, -0.25) is 0 Å². The summed E-state index contributed by atoms with van der Waals surface area (Å²) < 4.78 is 0. The Labute approximate surface area is 121 Å². The van der Waals surface area contributed by atoms with Crippen LogP contribution in [0.5, 0.6) is 0 Å². The van der Waals surface area contributed by atoms with Gasteiger partial charge >= 0.3 is 0 Å². The molecule has 0 saturated carbocycles. The molecule has 0 saturated heterocycles. The first kappa shape index (κ1) is 12.9. The molecular formula is C20H20. The van der Waals surface area contributed by atoms with Gasteiger partial charge in [0.15, 0.2) is 0 Å². The molecule has 0 heterocycles. The highest BCUT2D eigenvalue weighted by molar-refractivity contribution is 5.87. The van der Waals surface area contributed by atoms with E-state index in [1.165, 1.54) is 27.8 Å². The minimum absolute atomic E-state index is 0.0211. The van der Waals surface area contributed by atoms with Crippen LogP contribution in [0.3, 0.4) is 0 Å². The standard InChI is InChI=1S/C20H20/c1-4-10-17-15(2)20(3,16-11-6-5-7-12-16)19-14-9-8-13-18(17)19/h4-14H,1-3H3/b10-4-. The maximum atomic E-state index is 2.34. The fraction of sp³-hybridized carbons (Fsp3) is 0.200. The summed E-state index contributed by atoms with van der Waals surface area (Å²) in [4.78, 5) is 0. The van der Waals surface area contributed by atoms with Crippen LogP contribution in [0.4, 0.5) is 0 Å². The third-order valence-corrected chi connectivity index (χ3v) is 4.59. The van der Waals surface area contributed by atoms with Gasteiger partial charge in [-0.15, -0.1) is 0 Å². The molecule has 0 nitrogen and oxygen atoms in total. The third-order valence-electron chi connectivity index (χ3n) is 4.59. The van der Waals surface area contributed by atoms with Crippen LogP contribution >= 0.6 is 0 Å². The lowest BCUT2D eigenvalue weighted by Crippen LogP contribution is -2.22. The lowest BCUT2D eigenvalue weighted by atomic mass is 9.74. The summed E-state index contributed by atoms with van der Waals surface area (Å²) in [5, 5.41) is 0. The van der Waals surface area contributed by atoms with Crippen LogP contribution in [0.2, 0.25) is 0 Å². The molecule has 0 bridgehead atoms. The van der Waals surface area contributed by atoms with Crippen molar-refractivity contribution < 1.29 is 0 Å². The van der Waals surface area contributed by atoms with E-state index in [0.717, 1.165) is 0 Å². The molecule has 0 heteroatoms. The molecule has 100 valence electrons. The Bertz CT molecular complexity index is 689. The Morgan fingerprint density at radius 2 is 1.55 bits per heavy atom. The first-order chi connectivity index (χ1) is 9.69. The highest BCUT2D eigenvalue weighted by Crippen LogP contribution is 2.50. The van der Waals surface area contributed by atoms with E-state index >= 15 is 0 Å². The minimum Gasteiger partial charge on any atom is -0.0870 e. The van der Waals surface area contributed by atoms with Crippen molar-refractivity contribution in [1.82, 2.24) is 0 Å². The van der Waals surface area contributed by atoms with Crippen molar-refractivity contribution in [2.75, 3.05) is 0 Å². The molecule has 0 fully saturated rings. The van der Waals surface area contributed by atoms with E-state index in [-0.39, 0.29) is 5.41 Å². The average Bonchev–Trinajstić information content (AvgIpc) is 2.72. The van der Waals surface area contributed by atoms with Crippen molar-refractivity contribution in [2.24, 2.45) is 0 Å². The smallest absolute Gasteiger partial charge is 0.0395 e. The highest BCUT2D eigenvalue weighted by Gasteiger charge is 2.39. The van der Waals surface area contributed by atoms with Crippen molar-refractivity contribution in [3.05, 3.63) is 89.0 Å². The quantitative estimate of drug-likeness (QED) is 0.682. The molecule has 0 amide bonds. The number of fused-ring (bicyclic) bond motifs is 1. The fourth-order valence-corrected chi connectivity index (χ4v) is 3.35. The van der Waals surface area contributed by atoms with Crippen LogP contribution in [0.1, 0.15) is 37.5 Å². The lowest BCUT2D eigenvalue weighted by molar-refractivity contribution is 0.691. The van der Waals surface area contributed by atoms with Gasteiger partial charge in [-0.25, -0.2) is 0 Å². The molecule has 0 aliphatic heterocycles. The molecule has 0 aromatic heterocycles. The van der Waals surface area contributed by atoms with E-state index in [1.54, 1.807) is 0 Å². The van der Waals surface area contributed by atoms with Gasteiger partial charge in [-0.1, -0.05) is 72.3 Å². The molecule has 0 radical (unpaired) electrons. The maximum absolute atomic E-state index is 2.34. The van der Waals surface area contributed by atoms with Crippen LogP contribution in [-0.2, 0) is 5.41 Å². The van der Waals surface area contributed by atoms with Gasteiger partial charge in [0, 0.05) is 5.41 Å². The molecule has 0 spiro atoms. The summed E-state index contributed by atoms with van der Waals surface area (Å²) in [6.07, 6.45) is 4.37. The lowest BCUT2D eigenvalue weighted by Gasteiger charge is -2.29. The second-order valence-corrected chi connectivity index (χ2v) is 5.58. The number of rotatable bonds is 2. The van der Waals surface area contributed by atoms with Crippen LogP contribution in [0.25, 0.3) is 5.57 Å². The Balaban J connectivity index is 2.31. The predicted molar refractivity (Wildman–Crippen MR) is 86.7 cm³/mol. The van der Waals surface area contributed by atoms with Gasteiger partial charge in [0.1, 0.15) is 0 Å². The van der Waals surface area contributed by atoms with Gasteiger partial charge in [0.05, 0.1) is 0 Å². The second kappa shape index (κ2) is 4.79. The molecule has 3 rings (SSSR count). The normalized spacial score (nSPS) is 21.6. The Morgan fingerprint density at radius 1 is 0.900 bits per heavy atom. The van der Waals surface area contributed by atoms with Crippen molar-refractivity contribution in [3.63, 3.8) is 0 Å². The van der Waals surface area contributed by atoms with E-state index in [1.807, 2.05) is 0 Å². The first-order valence-electron chi connectivity index (χ1n) is 7.19. The van der Waals surface area contributed by atoms with Gasteiger partial charge in [-0.2, -0.15) is 0 Å². The average molecular weight is 260 g/mol. The largest absolute Gasteiger partial charge is 0.0870 e. The highest BCUT2D eigenvalue weighted by atomic mass is 14.4. The molecule has 2 aromatic rings. The van der Waals surface area contributed by atoms with Crippen molar-refractivity contribution in [3.8, 4) is 0 Å². The summed E-state index contributed by atoms with van der Waals surface area (Å²) in [6, 6.07) is 19.6. The number of hydrogen-bond acceptors (Lipinski definition) is 0.